The minimum atomic E-state index is -0.742. The SMILES string of the molecule is CCC(C)N(C)CCNC(=O)C1(C#N)CC(C)C1. The van der Waals surface area contributed by atoms with E-state index in [0.29, 0.717) is 31.3 Å². The average Bonchev–Trinajstić information content (AvgIpc) is 2.33. The van der Waals surface area contributed by atoms with Crippen LogP contribution in [-0.2, 0) is 4.79 Å². The van der Waals surface area contributed by atoms with E-state index in [0.717, 1.165) is 13.0 Å². The highest BCUT2D eigenvalue weighted by atomic mass is 16.2. The minimum Gasteiger partial charge on any atom is -0.353 e. The molecule has 0 aromatic heterocycles. The van der Waals surface area contributed by atoms with Crippen LogP contribution in [0.25, 0.3) is 0 Å². The van der Waals surface area contributed by atoms with Crippen molar-refractivity contribution in [1.82, 2.24) is 10.2 Å². The molecule has 0 spiro atoms. The van der Waals surface area contributed by atoms with Crippen LogP contribution in [0.3, 0.4) is 0 Å². The van der Waals surface area contributed by atoms with E-state index >= 15 is 0 Å². The van der Waals surface area contributed by atoms with Gasteiger partial charge in [-0.15, -0.1) is 0 Å². The summed E-state index contributed by atoms with van der Waals surface area (Å²) in [6.45, 7) is 7.86. The van der Waals surface area contributed by atoms with Crippen molar-refractivity contribution >= 4 is 5.91 Å². The standard InChI is InChI=1S/C14H25N3O/c1-5-12(3)17(4)7-6-16-13(18)14(10-15)8-11(2)9-14/h11-12H,5-9H2,1-4H3,(H,16,18). The van der Waals surface area contributed by atoms with E-state index in [2.05, 4.69) is 44.1 Å². The predicted octanol–water partition coefficient (Wildman–Crippen LogP) is 1.77. The average molecular weight is 251 g/mol. The van der Waals surface area contributed by atoms with Crippen LogP contribution in [0.5, 0.6) is 0 Å². The molecular weight excluding hydrogens is 226 g/mol. The van der Waals surface area contributed by atoms with Crippen LogP contribution in [0, 0.1) is 22.7 Å². The summed E-state index contributed by atoms with van der Waals surface area (Å²) in [5.41, 5.74) is -0.742. The third-order valence-electron chi connectivity index (χ3n) is 4.14. The third-order valence-corrected chi connectivity index (χ3v) is 4.14. The molecule has 1 unspecified atom stereocenters. The highest BCUT2D eigenvalue weighted by molar-refractivity contribution is 5.86. The Bertz CT molecular complexity index is 328. The van der Waals surface area contributed by atoms with Crippen LogP contribution in [-0.4, -0.2) is 37.0 Å². The number of hydrogen-bond acceptors (Lipinski definition) is 3. The Morgan fingerprint density at radius 3 is 2.67 bits per heavy atom. The van der Waals surface area contributed by atoms with Gasteiger partial charge in [0.25, 0.3) is 0 Å². The summed E-state index contributed by atoms with van der Waals surface area (Å²) in [5, 5.41) is 12.0. The van der Waals surface area contributed by atoms with Crippen LogP contribution in [0.2, 0.25) is 0 Å². The summed E-state index contributed by atoms with van der Waals surface area (Å²) in [4.78, 5) is 14.2. The number of carbonyl (C=O) groups is 1. The molecule has 4 heteroatoms. The molecule has 1 saturated carbocycles. The number of rotatable bonds is 6. The molecule has 0 aliphatic heterocycles. The lowest BCUT2D eigenvalue weighted by Crippen LogP contribution is -2.49. The molecule has 4 nitrogen and oxygen atoms in total. The Balaban J connectivity index is 2.32. The molecule has 1 amide bonds. The first-order chi connectivity index (χ1) is 8.45. The topological polar surface area (TPSA) is 56.1 Å². The van der Waals surface area contributed by atoms with Crippen molar-refractivity contribution in [3.63, 3.8) is 0 Å². The number of hydrogen-bond donors (Lipinski definition) is 1. The molecule has 1 fully saturated rings. The number of nitrogens with one attached hydrogen (secondary N) is 1. The van der Waals surface area contributed by atoms with Crippen molar-refractivity contribution in [3.05, 3.63) is 0 Å². The summed E-state index contributed by atoms with van der Waals surface area (Å²) < 4.78 is 0. The van der Waals surface area contributed by atoms with Gasteiger partial charge >= 0.3 is 0 Å². The van der Waals surface area contributed by atoms with Crippen molar-refractivity contribution in [1.29, 1.82) is 5.26 Å². The highest BCUT2D eigenvalue weighted by Crippen LogP contribution is 2.44. The van der Waals surface area contributed by atoms with Crippen LogP contribution in [0.4, 0.5) is 0 Å². The summed E-state index contributed by atoms with van der Waals surface area (Å²) >= 11 is 0. The highest BCUT2D eigenvalue weighted by Gasteiger charge is 2.48. The van der Waals surface area contributed by atoms with E-state index in [1.807, 2.05) is 0 Å². The largest absolute Gasteiger partial charge is 0.353 e. The third kappa shape index (κ3) is 3.23. The maximum Gasteiger partial charge on any atom is 0.240 e. The van der Waals surface area contributed by atoms with Gasteiger partial charge in [0, 0.05) is 19.1 Å². The van der Waals surface area contributed by atoms with E-state index in [9.17, 15) is 4.79 Å². The molecule has 1 N–H and O–H groups in total. The Labute approximate surface area is 110 Å². The van der Waals surface area contributed by atoms with Crippen molar-refractivity contribution in [3.8, 4) is 6.07 Å². The van der Waals surface area contributed by atoms with E-state index in [1.54, 1.807) is 0 Å². The van der Waals surface area contributed by atoms with Crippen LogP contribution in [0.1, 0.15) is 40.0 Å². The first-order valence-electron chi connectivity index (χ1n) is 6.85. The van der Waals surface area contributed by atoms with Crippen LogP contribution in [0.15, 0.2) is 0 Å². The maximum atomic E-state index is 12.0. The van der Waals surface area contributed by atoms with Gasteiger partial charge in [-0.3, -0.25) is 4.79 Å². The molecule has 1 aliphatic rings. The van der Waals surface area contributed by atoms with Crippen LogP contribution >= 0.6 is 0 Å². The van der Waals surface area contributed by atoms with Gasteiger partial charge in [0.1, 0.15) is 5.41 Å². The minimum absolute atomic E-state index is 0.0827. The molecule has 1 atom stereocenters. The zero-order chi connectivity index (χ0) is 13.8. The fourth-order valence-corrected chi connectivity index (χ4v) is 2.50. The molecule has 0 radical (unpaired) electrons. The monoisotopic (exact) mass is 251 g/mol. The Morgan fingerprint density at radius 2 is 2.22 bits per heavy atom. The maximum absolute atomic E-state index is 12.0. The van der Waals surface area contributed by atoms with Gasteiger partial charge < -0.3 is 10.2 Å². The lowest BCUT2D eigenvalue weighted by Gasteiger charge is -2.39. The molecule has 0 aromatic rings. The van der Waals surface area contributed by atoms with Gasteiger partial charge in [0.15, 0.2) is 0 Å². The molecule has 102 valence electrons. The van der Waals surface area contributed by atoms with Crippen molar-refractivity contribution in [2.75, 3.05) is 20.1 Å². The molecule has 0 bridgehead atoms. The molecule has 0 saturated heterocycles. The number of nitrogens with zero attached hydrogens (tertiary/aromatic N) is 2. The van der Waals surface area contributed by atoms with Gasteiger partial charge in [-0.25, -0.2) is 0 Å². The van der Waals surface area contributed by atoms with Crippen LogP contribution < -0.4 is 5.32 Å². The first-order valence-corrected chi connectivity index (χ1v) is 6.85. The summed E-state index contributed by atoms with van der Waals surface area (Å²) in [6.07, 6.45) is 2.51. The number of amides is 1. The second-order valence-corrected chi connectivity index (χ2v) is 5.70. The zero-order valence-corrected chi connectivity index (χ0v) is 12.0. The van der Waals surface area contributed by atoms with E-state index < -0.39 is 5.41 Å². The Hall–Kier alpha value is -1.08. The Morgan fingerprint density at radius 1 is 1.61 bits per heavy atom. The zero-order valence-electron chi connectivity index (χ0n) is 12.0. The lowest BCUT2D eigenvalue weighted by atomic mass is 9.63. The number of carbonyl (C=O) groups excluding carboxylic acids is 1. The fraction of sp³-hybridized carbons (Fsp3) is 0.857. The molecule has 1 aliphatic carbocycles. The first kappa shape index (κ1) is 15.0. The molecule has 18 heavy (non-hydrogen) atoms. The van der Waals surface area contributed by atoms with Gasteiger partial charge in [-0.2, -0.15) is 5.26 Å². The van der Waals surface area contributed by atoms with E-state index in [1.165, 1.54) is 0 Å². The van der Waals surface area contributed by atoms with Gasteiger partial charge in [0.05, 0.1) is 6.07 Å². The molecule has 1 rings (SSSR count). The Kier molecular flexibility index (Phi) is 5.15. The second kappa shape index (κ2) is 6.19. The lowest BCUT2D eigenvalue weighted by molar-refractivity contribution is -0.134. The summed E-state index contributed by atoms with van der Waals surface area (Å²) in [5.74, 6) is 0.416. The molecular formula is C14H25N3O. The molecule has 0 aromatic carbocycles. The summed E-state index contributed by atoms with van der Waals surface area (Å²) in [7, 11) is 2.06. The quantitative estimate of drug-likeness (QED) is 0.783. The normalized spacial score (nSPS) is 28.3. The van der Waals surface area contributed by atoms with E-state index in [4.69, 9.17) is 5.26 Å². The second-order valence-electron chi connectivity index (χ2n) is 5.70. The van der Waals surface area contributed by atoms with Crippen molar-refractivity contribution in [2.45, 2.75) is 46.1 Å². The predicted molar refractivity (Wildman–Crippen MR) is 71.8 cm³/mol. The van der Waals surface area contributed by atoms with Gasteiger partial charge in [-0.05, 0) is 39.2 Å². The fourth-order valence-electron chi connectivity index (χ4n) is 2.50. The van der Waals surface area contributed by atoms with Crippen molar-refractivity contribution in [2.24, 2.45) is 11.3 Å². The summed E-state index contributed by atoms with van der Waals surface area (Å²) in [6, 6.07) is 2.72. The number of likely N-dealkylation sites (N-methyl/N-ethyl adjacent to an activating group) is 1. The van der Waals surface area contributed by atoms with Gasteiger partial charge in [-0.1, -0.05) is 13.8 Å². The van der Waals surface area contributed by atoms with Crippen molar-refractivity contribution < 1.29 is 4.79 Å². The smallest absolute Gasteiger partial charge is 0.240 e. The number of nitriles is 1. The van der Waals surface area contributed by atoms with Gasteiger partial charge in [0.2, 0.25) is 5.91 Å². The van der Waals surface area contributed by atoms with E-state index in [-0.39, 0.29) is 5.91 Å². The molecule has 0 heterocycles.